The Hall–Kier alpha value is -1.91. The Bertz CT molecular complexity index is 659. The van der Waals surface area contributed by atoms with Crippen LogP contribution in [0.4, 0.5) is 5.69 Å². The Balaban J connectivity index is 1.82. The first-order valence-corrected chi connectivity index (χ1v) is 7.24. The summed E-state index contributed by atoms with van der Waals surface area (Å²) < 4.78 is 11.0. The van der Waals surface area contributed by atoms with Gasteiger partial charge in [-0.05, 0) is 25.2 Å². The summed E-state index contributed by atoms with van der Waals surface area (Å²) in [5.41, 5.74) is 7.59. The molecule has 1 aromatic carbocycles. The van der Waals surface area contributed by atoms with Gasteiger partial charge in [0, 0.05) is 12.1 Å². The summed E-state index contributed by atoms with van der Waals surface area (Å²) in [6, 6.07) is 3.40. The molecule has 1 fully saturated rings. The summed E-state index contributed by atoms with van der Waals surface area (Å²) in [6.45, 7) is 2.23. The van der Waals surface area contributed by atoms with Crippen molar-refractivity contribution >= 4 is 16.8 Å². The average molecular weight is 276 g/mol. The Kier molecular flexibility index (Phi) is 3.42. The summed E-state index contributed by atoms with van der Waals surface area (Å²) in [4.78, 5) is 13.8. The van der Waals surface area contributed by atoms with Crippen molar-refractivity contribution in [1.29, 1.82) is 0 Å². The molecule has 0 aliphatic heterocycles. The summed E-state index contributed by atoms with van der Waals surface area (Å²) in [6.07, 6.45) is 6.05. The third-order valence-electron chi connectivity index (χ3n) is 4.16. The van der Waals surface area contributed by atoms with Crippen LogP contribution in [0.15, 0.2) is 21.3 Å². The minimum absolute atomic E-state index is 0.215. The number of hydrogen-bond acceptors (Lipinski definition) is 4. The van der Waals surface area contributed by atoms with Crippen LogP contribution in [0.2, 0.25) is 0 Å². The number of benzene rings is 1. The second kappa shape index (κ2) is 5.23. The molecular weight excluding hydrogens is 256 g/mol. The van der Waals surface area contributed by atoms with Gasteiger partial charge in [-0.1, -0.05) is 19.8 Å². The van der Waals surface area contributed by atoms with Gasteiger partial charge in [-0.2, -0.15) is 0 Å². The normalized spacial score (nSPS) is 23.1. The maximum absolute atomic E-state index is 11.2. The lowest BCUT2D eigenvalue weighted by molar-refractivity contribution is 0.123. The Morgan fingerprint density at radius 1 is 1.45 bits per heavy atom. The maximum atomic E-state index is 11.2. The van der Waals surface area contributed by atoms with Crippen LogP contribution in [0, 0.1) is 5.92 Å². The molecular formula is C15H20N2O3. The van der Waals surface area contributed by atoms with Crippen molar-refractivity contribution in [3.63, 3.8) is 0 Å². The first-order valence-electron chi connectivity index (χ1n) is 7.24. The number of hydrogen-bond donors (Lipinski definition) is 2. The smallest absolute Gasteiger partial charge is 0.417 e. The Labute approximate surface area is 117 Å². The van der Waals surface area contributed by atoms with Gasteiger partial charge in [0.15, 0.2) is 5.58 Å². The molecule has 3 rings (SSSR count). The van der Waals surface area contributed by atoms with E-state index in [4.69, 9.17) is 14.9 Å². The number of rotatable bonds is 3. The Morgan fingerprint density at radius 2 is 2.30 bits per heavy atom. The van der Waals surface area contributed by atoms with Crippen molar-refractivity contribution in [2.24, 2.45) is 5.92 Å². The van der Waals surface area contributed by atoms with E-state index in [2.05, 4.69) is 11.9 Å². The number of anilines is 1. The van der Waals surface area contributed by atoms with E-state index in [1.807, 2.05) is 0 Å². The van der Waals surface area contributed by atoms with Gasteiger partial charge in [-0.3, -0.25) is 4.98 Å². The molecule has 1 aromatic heterocycles. The van der Waals surface area contributed by atoms with Crippen molar-refractivity contribution in [2.45, 2.75) is 45.1 Å². The van der Waals surface area contributed by atoms with Crippen molar-refractivity contribution in [1.82, 2.24) is 4.98 Å². The molecule has 2 unspecified atom stereocenters. The number of fused-ring (bicyclic) bond motifs is 1. The first-order chi connectivity index (χ1) is 9.65. The highest BCUT2D eigenvalue weighted by atomic mass is 16.5. The van der Waals surface area contributed by atoms with E-state index >= 15 is 0 Å². The highest BCUT2D eigenvalue weighted by Crippen LogP contribution is 2.33. The van der Waals surface area contributed by atoms with Crippen LogP contribution in [-0.4, -0.2) is 11.1 Å². The molecule has 5 heteroatoms. The third-order valence-corrected chi connectivity index (χ3v) is 4.16. The van der Waals surface area contributed by atoms with Gasteiger partial charge in [-0.15, -0.1) is 0 Å². The predicted octanol–water partition coefficient (Wildman–Crippen LogP) is 3.05. The molecule has 0 saturated heterocycles. The summed E-state index contributed by atoms with van der Waals surface area (Å²) >= 11 is 0. The largest absolute Gasteiger partial charge is 0.488 e. The van der Waals surface area contributed by atoms with Crippen LogP contribution in [0.5, 0.6) is 5.75 Å². The zero-order valence-electron chi connectivity index (χ0n) is 11.6. The monoisotopic (exact) mass is 276 g/mol. The lowest BCUT2D eigenvalue weighted by Gasteiger charge is -2.29. The number of aromatic nitrogens is 1. The molecule has 2 aromatic rings. The summed E-state index contributed by atoms with van der Waals surface area (Å²) in [5.74, 6) is 0.906. The lowest BCUT2D eigenvalue weighted by Crippen LogP contribution is -2.25. The lowest BCUT2D eigenvalue weighted by atomic mass is 9.85. The number of H-pyrrole nitrogens is 1. The van der Waals surface area contributed by atoms with Crippen LogP contribution in [0.3, 0.4) is 0 Å². The SMILES string of the molecule is CCC1CCCC(Oc2cc3[nH]c(=O)oc3cc2N)C1. The molecule has 2 atom stereocenters. The van der Waals surface area contributed by atoms with Crippen molar-refractivity contribution in [3.05, 3.63) is 22.7 Å². The van der Waals surface area contributed by atoms with Crippen LogP contribution in [0.1, 0.15) is 39.0 Å². The highest BCUT2D eigenvalue weighted by molar-refractivity contribution is 5.80. The molecule has 5 nitrogen and oxygen atoms in total. The zero-order valence-corrected chi connectivity index (χ0v) is 11.6. The van der Waals surface area contributed by atoms with Crippen molar-refractivity contribution in [2.75, 3.05) is 5.73 Å². The fourth-order valence-corrected chi connectivity index (χ4v) is 2.99. The van der Waals surface area contributed by atoms with Crippen LogP contribution in [0.25, 0.3) is 11.1 Å². The topological polar surface area (TPSA) is 81.2 Å². The van der Waals surface area contributed by atoms with Gasteiger partial charge >= 0.3 is 5.76 Å². The fourth-order valence-electron chi connectivity index (χ4n) is 2.99. The molecule has 0 radical (unpaired) electrons. The number of nitrogens with two attached hydrogens (primary N) is 1. The fraction of sp³-hybridized carbons (Fsp3) is 0.533. The van der Waals surface area contributed by atoms with E-state index in [1.165, 1.54) is 19.3 Å². The average Bonchev–Trinajstić information content (AvgIpc) is 2.78. The molecule has 3 N–H and O–H groups in total. The van der Waals surface area contributed by atoms with E-state index in [0.29, 0.717) is 22.5 Å². The van der Waals surface area contributed by atoms with Gasteiger partial charge in [0.25, 0.3) is 0 Å². The number of nitrogen functional groups attached to an aromatic ring is 1. The molecule has 20 heavy (non-hydrogen) atoms. The summed E-state index contributed by atoms with van der Waals surface area (Å²) in [7, 11) is 0. The number of oxazole rings is 1. The van der Waals surface area contributed by atoms with E-state index < -0.39 is 5.76 Å². The standard InChI is InChI=1S/C15H20N2O3/c1-2-9-4-3-5-10(6-9)19-13-8-12-14(7-11(13)16)20-15(18)17-12/h7-10H,2-6,16H2,1H3,(H,17,18). The predicted molar refractivity (Wildman–Crippen MR) is 77.9 cm³/mol. The summed E-state index contributed by atoms with van der Waals surface area (Å²) in [5, 5.41) is 0. The van der Waals surface area contributed by atoms with E-state index in [1.54, 1.807) is 12.1 Å². The second-order valence-electron chi connectivity index (χ2n) is 5.58. The van der Waals surface area contributed by atoms with E-state index in [9.17, 15) is 4.79 Å². The minimum Gasteiger partial charge on any atom is -0.488 e. The van der Waals surface area contributed by atoms with E-state index in [-0.39, 0.29) is 6.10 Å². The van der Waals surface area contributed by atoms with Crippen molar-refractivity contribution < 1.29 is 9.15 Å². The number of ether oxygens (including phenoxy) is 1. The second-order valence-corrected chi connectivity index (χ2v) is 5.58. The van der Waals surface area contributed by atoms with Crippen LogP contribution >= 0.6 is 0 Å². The maximum Gasteiger partial charge on any atom is 0.417 e. The molecule has 1 aliphatic rings. The molecule has 0 amide bonds. The van der Waals surface area contributed by atoms with Crippen LogP contribution in [-0.2, 0) is 0 Å². The van der Waals surface area contributed by atoms with Gasteiger partial charge in [0.05, 0.1) is 17.3 Å². The molecule has 1 aliphatic carbocycles. The quantitative estimate of drug-likeness (QED) is 0.844. The molecule has 0 bridgehead atoms. The minimum atomic E-state index is -0.472. The number of nitrogens with one attached hydrogen (secondary N) is 1. The van der Waals surface area contributed by atoms with Gasteiger partial charge in [-0.25, -0.2) is 4.79 Å². The molecule has 1 saturated carbocycles. The van der Waals surface area contributed by atoms with Gasteiger partial charge in [0.1, 0.15) is 5.75 Å². The number of aromatic amines is 1. The highest BCUT2D eigenvalue weighted by Gasteiger charge is 2.23. The van der Waals surface area contributed by atoms with E-state index in [0.717, 1.165) is 18.8 Å². The van der Waals surface area contributed by atoms with Crippen molar-refractivity contribution in [3.8, 4) is 5.75 Å². The van der Waals surface area contributed by atoms with Gasteiger partial charge < -0.3 is 14.9 Å². The first kappa shape index (κ1) is 13.1. The molecule has 0 spiro atoms. The third kappa shape index (κ3) is 2.53. The zero-order chi connectivity index (χ0) is 14.1. The van der Waals surface area contributed by atoms with Gasteiger partial charge in [0.2, 0.25) is 0 Å². The van der Waals surface area contributed by atoms with Crippen LogP contribution < -0.4 is 16.2 Å². The Morgan fingerprint density at radius 3 is 3.10 bits per heavy atom. The molecule has 108 valence electrons. The molecule has 1 heterocycles.